The molecule has 1 saturated carbocycles. The highest BCUT2D eigenvalue weighted by atomic mass is 16.7. The van der Waals surface area contributed by atoms with E-state index in [2.05, 4.69) is 26.8 Å². The summed E-state index contributed by atoms with van der Waals surface area (Å²) in [6, 6.07) is 6.01. The van der Waals surface area contributed by atoms with Gasteiger partial charge in [-0.25, -0.2) is 4.79 Å². The summed E-state index contributed by atoms with van der Waals surface area (Å²) in [7, 11) is 1.26. The Bertz CT molecular complexity index is 692. The zero-order valence-electron chi connectivity index (χ0n) is 15.6. The average molecular weight is 344 g/mol. The van der Waals surface area contributed by atoms with Crippen molar-refractivity contribution in [3.8, 4) is 5.75 Å². The van der Waals surface area contributed by atoms with Gasteiger partial charge >= 0.3 is 11.8 Å². The van der Waals surface area contributed by atoms with E-state index in [1.54, 1.807) is 6.08 Å². The van der Waals surface area contributed by atoms with Gasteiger partial charge < -0.3 is 14.6 Å². The van der Waals surface area contributed by atoms with Gasteiger partial charge in [0.05, 0.1) is 7.11 Å². The molecule has 0 spiro atoms. The van der Waals surface area contributed by atoms with E-state index in [1.807, 2.05) is 12.1 Å². The average Bonchev–Trinajstić information content (AvgIpc) is 2.59. The van der Waals surface area contributed by atoms with Crippen molar-refractivity contribution in [2.75, 3.05) is 7.11 Å². The third-order valence-electron chi connectivity index (χ3n) is 5.30. The number of rotatable bonds is 2. The van der Waals surface area contributed by atoms with E-state index in [0.29, 0.717) is 11.7 Å². The molecule has 1 aromatic rings. The topological polar surface area (TPSA) is 55.8 Å². The number of methoxy groups -OCH3 is 1. The van der Waals surface area contributed by atoms with Crippen LogP contribution in [0.4, 0.5) is 0 Å². The first kappa shape index (κ1) is 18.0. The smallest absolute Gasteiger partial charge is 0.383 e. The molecule has 136 valence electrons. The number of esters is 1. The van der Waals surface area contributed by atoms with E-state index < -0.39 is 11.8 Å². The molecule has 0 amide bonds. The van der Waals surface area contributed by atoms with Crippen molar-refractivity contribution in [1.82, 2.24) is 0 Å². The Morgan fingerprint density at radius 3 is 2.52 bits per heavy atom. The highest BCUT2D eigenvalue weighted by molar-refractivity contribution is 5.87. The fourth-order valence-corrected chi connectivity index (χ4v) is 3.79. The lowest BCUT2D eigenvalue weighted by Gasteiger charge is -2.35. The number of hydrogen-bond donors (Lipinski definition) is 1. The molecule has 0 saturated heterocycles. The predicted octanol–water partition coefficient (Wildman–Crippen LogP) is 4.20. The summed E-state index contributed by atoms with van der Waals surface area (Å²) in [5.74, 6) is -1.95. The maximum atomic E-state index is 12.1. The molecular formula is C21H28O4. The highest BCUT2D eigenvalue weighted by Gasteiger charge is 2.43. The molecule has 0 bridgehead atoms. The Hall–Kier alpha value is -1.81. The van der Waals surface area contributed by atoms with Gasteiger partial charge in [0.15, 0.2) is 0 Å². The first-order valence-corrected chi connectivity index (χ1v) is 9.12. The normalized spacial score (nSPS) is 24.1. The van der Waals surface area contributed by atoms with Crippen molar-refractivity contribution in [3.63, 3.8) is 0 Å². The largest absolute Gasteiger partial charge is 0.464 e. The second kappa shape index (κ2) is 6.49. The van der Waals surface area contributed by atoms with E-state index in [1.165, 1.54) is 31.9 Å². The van der Waals surface area contributed by atoms with Gasteiger partial charge in [-0.05, 0) is 47.4 Å². The third kappa shape index (κ3) is 3.45. The number of carbonyl (C=O) groups is 1. The lowest BCUT2D eigenvalue weighted by atomic mass is 9.77. The van der Waals surface area contributed by atoms with Crippen LogP contribution in [0.25, 0.3) is 5.57 Å². The number of carbonyl (C=O) groups excluding carboxylic acids is 1. The fraction of sp³-hybridized carbons (Fsp3) is 0.571. The molecule has 4 heteroatoms. The molecule has 4 nitrogen and oxygen atoms in total. The molecule has 1 unspecified atom stereocenters. The number of allylic oxidation sites excluding steroid dienone is 1. The maximum Gasteiger partial charge on any atom is 0.383 e. The van der Waals surface area contributed by atoms with Crippen LogP contribution in [-0.2, 0) is 14.9 Å². The van der Waals surface area contributed by atoms with Crippen LogP contribution in [0.5, 0.6) is 5.75 Å². The van der Waals surface area contributed by atoms with Gasteiger partial charge in [-0.2, -0.15) is 0 Å². The van der Waals surface area contributed by atoms with Crippen molar-refractivity contribution in [2.45, 2.75) is 64.1 Å². The van der Waals surface area contributed by atoms with Crippen LogP contribution < -0.4 is 4.74 Å². The molecule has 0 radical (unpaired) electrons. The van der Waals surface area contributed by atoms with Crippen LogP contribution in [-0.4, -0.2) is 24.0 Å². The number of benzene rings is 1. The molecule has 1 aliphatic heterocycles. The maximum absolute atomic E-state index is 12.1. The number of aliphatic hydroxyl groups is 1. The van der Waals surface area contributed by atoms with E-state index in [9.17, 15) is 9.90 Å². The summed E-state index contributed by atoms with van der Waals surface area (Å²) in [5, 5.41) is 10.7. The van der Waals surface area contributed by atoms with Crippen LogP contribution in [0.3, 0.4) is 0 Å². The van der Waals surface area contributed by atoms with Crippen LogP contribution in [0.2, 0.25) is 0 Å². The van der Waals surface area contributed by atoms with Gasteiger partial charge in [-0.15, -0.1) is 0 Å². The van der Waals surface area contributed by atoms with Gasteiger partial charge in [0.25, 0.3) is 0 Å². The Morgan fingerprint density at radius 2 is 1.92 bits per heavy atom. The number of hydrogen-bond acceptors (Lipinski definition) is 4. The summed E-state index contributed by atoms with van der Waals surface area (Å²) in [6.07, 6.45) is 7.31. The van der Waals surface area contributed by atoms with Gasteiger partial charge in [0.1, 0.15) is 5.75 Å². The van der Waals surface area contributed by atoms with Crippen LogP contribution >= 0.6 is 0 Å². The summed E-state index contributed by atoms with van der Waals surface area (Å²) >= 11 is 0. The van der Waals surface area contributed by atoms with Crippen molar-refractivity contribution >= 4 is 11.5 Å². The summed E-state index contributed by atoms with van der Waals surface area (Å²) < 4.78 is 10.4. The molecule has 2 aliphatic rings. The van der Waals surface area contributed by atoms with Crippen molar-refractivity contribution in [2.24, 2.45) is 5.92 Å². The zero-order chi connectivity index (χ0) is 18.2. The molecule has 1 N–H and O–H groups in total. The number of fused-ring (bicyclic) bond motifs is 1. The summed E-state index contributed by atoms with van der Waals surface area (Å²) in [4.78, 5) is 12.1. The minimum Gasteiger partial charge on any atom is -0.464 e. The molecule has 25 heavy (non-hydrogen) atoms. The minimum atomic E-state index is -2.04. The molecule has 1 aromatic carbocycles. The molecule has 3 rings (SSSR count). The molecule has 1 aliphatic carbocycles. The lowest BCUT2D eigenvalue weighted by Crippen LogP contribution is -2.45. The van der Waals surface area contributed by atoms with Gasteiger partial charge in [-0.3, -0.25) is 0 Å². The Morgan fingerprint density at radius 1 is 1.24 bits per heavy atom. The first-order chi connectivity index (χ1) is 11.7. The van der Waals surface area contributed by atoms with E-state index >= 15 is 0 Å². The second-order valence-electron chi connectivity index (χ2n) is 8.19. The SMILES string of the molecule is COC(=O)C1(O)C=C(C2CCCCC2)c2cc(C(C)(C)C)ccc2O1. The van der Waals surface area contributed by atoms with Gasteiger partial charge in [-0.1, -0.05) is 46.1 Å². The van der Waals surface area contributed by atoms with Crippen LogP contribution in [0.15, 0.2) is 24.3 Å². The molecule has 1 fully saturated rings. The predicted molar refractivity (Wildman–Crippen MR) is 97.3 cm³/mol. The van der Waals surface area contributed by atoms with Crippen molar-refractivity contribution in [1.29, 1.82) is 0 Å². The first-order valence-electron chi connectivity index (χ1n) is 9.12. The van der Waals surface area contributed by atoms with Crippen LogP contribution in [0.1, 0.15) is 64.0 Å². The molecule has 0 aromatic heterocycles. The second-order valence-corrected chi connectivity index (χ2v) is 8.19. The molecule has 1 atom stereocenters. The Labute approximate surface area is 149 Å². The van der Waals surface area contributed by atoms with Crippen molar-refractivity contribution in [3.05, 3.63) is 35.4 Å². The van der Waals surface area contributed by atoms with Crippen LogP contribution in [0, 0.1) is 5.92 Å². The van der Waals surface area contributed by atoms with Gasteiger partial charge in [0.2, 0.25) is 0 Å². The number of ether oxygens (including phenoxy) is 2. The van der Waals surface area contributed by atoms with E-state index in [0.717, 1.165) is 24.0 Å². The Kier molecular flexibility index (Phi) is 4.67. The lowest BCUT2D eigenvalue weighted by molar-refractivity contribution is -0.184. The van der Waals surface area contributed by atoms with E-state index in [4.69, 9.17) is 9.47 Å². The quantitative estimate of drug-likeness (QED) is 0.817. The summed E-state index contributed by atoms with van der Waals surface area (Å²) in [6.45, 7) is 6.52. The minimum absolute atomic E-state index is 0.0167. The third-order valence-corrected chi connectivity index (χ3v) is 5.30. The Balaban J connectivity index is 2.11. The standard InChI is InChI=1S/C21H28O4/c1-20(2,3)15-10-11-18-16(12-15)17(14-8-6-5-7-9-14)13-21(23,25-18)19(22)24-4/h10-14,23H,5-9H2,1-4H3. The fourth-order valence-electron chi connectivity index (χ4n) is 3.79. The molecule has 1 heterocycles. The summed E-state index contributed by atoms with van der Waals surface area (Å²) in [5.41, 5.74) is 3.23. The monoisotopic (exact) mass is 344 g/mol. The van der Waals surface area contributed by atoms with E-state index in [-0.39, 0.29) is 5.41 Å². The van der Waals surface area contributed by atoms with Gasteiger partial charge in [0, 0.05) is 11.6 Å². The molecular weight excluding hydrogens is 316 g/mol. The zero-order valence-corrected chi connectivity index (χ0v) is 15.6. The van der Waals surface area contributed by atoms with Crippen molar-refractivity contribution < 1.29 is 19.4 Å². The highest BCUT2D eigenvalue weighted by Crippen LogP contribution is 2.45.